The molecule has 0 saturated carbocycles. The maximum atomic E-state index is 13.2. The fourth-order valence-corrected chi connectivity index (χ4v) is 4.06. The van der Waals surface area contributed by atoms with Crippen LogP contribution in [0, 0.1) is 11.3 Å². The molecule has 1 aromatic rings. The number of nitrogens with one attached hydrogen (secondary N) is 1. The number of piperidine rings is 1. The number of primary amides is 1. The van der Waals surface area contributed by atoms with Crippen LogP contribution >= 0.6 is 11.6 Å². The van der Waals surface area contributed by atoms with Crippen LogP contribution in [0.15, 0.2) is 24.3 Å². The maximum absolute atomic E-state index is 13.2. The average Bonchev–Trinajstić information content (AvgIpc) is 2.57. The Balaban J connectivity index is 1.64. The zero-order valence-electron chi connectivity index (χ0n) is 14.5. The lowest BCUT2D eigenvalue weighted by atomic mass is 9.74. The Morgan fingerprint density at radius 2 is 2.00 bits per heavy atom. The fraction of sp³-hybridized carbons (Fsp3) is 0.579. The molecule has 136 valence electrons. The maximum Gasteiger partial charge on any atom is 0.231 e. The van der Waals surface area contributed by atoms with E-state index in [1.807, 2.05) is 29.2 Å². The molecule has 5 nitrogen and oxygen atoms in total. The number of amides is 2. The van der Waals surface area contributed by atoms with Gasteiger partial charge in [0.1, 0.15) is 0 Å². The van der Waals surface area contributed by atoms with Gasteiger partial charge in [-0.1, -0.05) is 23.7 Å². The number of likely N-dealkylation sites (tertiary alicyclic amines) is 1. The molecule has 3 rings (SSSR count). The smallest absolute Gasteiger partial charge is 0.231 e. The molecule has 0 aromatic heterocycles. The lowest BCUT2D eigenvalue weighted by molar-refractivity contribution is -0.147. The summed E-state index contributed by atoms with van der Waals surface area (Å²) in [5, 5.41) is 3.98. The Morgan fingerprint density at radius 1 is 1.28 bits per heavy atom. The molecule has 1 unspecified atom stereocenters. The molecule has 1 atom stereocenters. The second kappa shape index (κ2) is 7.75. The Bertz CT molecular complexity index is 628. The Morgan fingerprint density at radius 3 is 2.60 bits per heavy atom. The minimum Gasteiger partial charge on any atom is -0.370 e. The van der Waals surface area contributed by atoms with Crippen LogP contribution in [0.3, 0.4) is 0 Å². The van der Waals surface area contributed by atoms with Gasteiger partial charge in [0.25, 0.3) is 0 Å². The number of rotatable bonds is 6. The Labute approximate surface area is 153 Å². The first-order valence-corrected chi connectivity index (χ1v) is 9.39. The Hall–Kier alpha value is -1.59. The van der Waals surface area contributed by atoms with Crippen LogP contribution in [0.2, 0.25) is 5.02 Å². The highest BCUT2D eigenvalue weighted by atomic mass is 35.5. The van der Waals surface area contributed by atoms with Crippen molar-refractivity contribution in [3.63, 3.8) is 0 Å². The van der Waals surface area contributed by atoms with E-state index in [1.165, 1.54) is 0 Å². The molecule has 2 fully saturated rings. The first kappa shape index (κ1) is 18.2. The molecular formula is C19H26ClN3O2. The molecule has 2 saturated heterocycles. The van der Waals surface area contributed by atoms with Crippen molar-refractivity contribution >= 4 is 23.4 Å². The third kappa shape index (κ3) is 4.33. The second-order valence-electron chi connectivity index (χ2n) is 7.45. The number of nitrogens with two attached hydrogens (primary N) is 1. The van der Waals surface area contributed by atoms with E-state index in [2.05, 4.69) is 5.32 Å². The molecule has 1 aromatic carbocycles. The first-order valence-electron chi connectivity index (χ1n) is 9.01. The molecule has 2 aliphatic rings. The number of hydrogen-bond donors (Lipinski definition) is 2. The predicted molar refractivity (Wildman–Crippen MR) is 98.2 cm³/mol. The minimum absolute atomic E-state index is 0.241. The monoisotopic (exact) mass is 363 g/mol. The summed E-state index contributed by atoms with van der Waals surface area (Å²) in [4.78, 5) is 26.3. The van der Waals surface area contributed by atoms with Gasteiger partial charge in [0.05, 0.1) is 5.41 Å². The van der Waals surface area contributed by atoms with Crippen molar-refractivity contribution < 1.29 is 9.59 Å². The van der Waals surface area contributed by atoms with E-state index in [4.69, 9.17) is 17.3 Å². The van der Waals surface area contributed by atoms with Crippen LogP contribution in [0.4, 0.5) is 0 Å². The second-order valence-corrected chi connectivity index (χ2v) is 7.89. The van der Waals surface area contributed by atoms with Crippen LogP contribution in [0.25, 0.3) is 0 Å². The third-order valence-corrected chi connectivity index (χ3v) is 5.69. The summed E-state index contributed by atoms with van der Waals surface area (Å²) in [5.74, 6) is 0.363. The van der Waals surface area contributed by atoms with Gasteiger partial charge < -0.3 is 16.0 Å². The van der Waals surface area contributed by atoms with E-state index in [0.717, 1.165) is 57.4 Å². The molecule has 0 aliphatic carbocycles. The van der Waals surface area contributed by atoms with Gasteiger partial charge in [-0.2, -0.15) is 0 Å². The van der Waals surface area contributed by atoms with Crippen LogP contribution in [0.5, 0.6) is 0 Å². The molecule has 2 heterocycles. The van der Waals surface area contributed by atoms with E-state index in [1.54, 1.807) is 0 Å². The van der Waals surface area contributed by atoms with E-state index in [9.17, 15) is 9.59 Å². The van der Waals surface area contributed by atoms with Crippen molar-refractivity contribution in [3.05, 3.63) is 34.9 Å². The number of halogens is 1. The van der Waals surface area contributed by atoms with Crippen molar-refractivity contribution in [2.45, 2.75) is 32.1 Å². The minimum atomic E-state index is -0.348. The van der Waals surface area contributed by atoms with Crippen molar-refractivity contribution in [1.29, 1.82) is 0 Å². The lowest BCUT2D eigenvalue weighted by Gasteiger charge is -2.46. The molecule has 3 N–H and O–H groups in total. The first-order chi connectivity index (χ1) is 12.0. The zero-order chi connectivity index (χ0) is 17.9. The summed E-state index contributed by atoms with van der Waals surface area (Å²) in [6.45, 7) is 3.00. The molecule has 0 radical (unpaired) electrons. The predicted octanol–water partition coefficient (Wildman–Crippen LogP) is 1.98. The van der Waals surface area contributed by atoms with E-state index >= 15 is 0 Å². The number of carbonyl (C=O) groups is 2. The molecule has 25 heavy (non-hydrogen) atoms. The quantitative estimate of drug-likeness (QED) is 0.811. The lowest BCUT2D eigenvalue weighted by Crippen LogP contribution is -2.64. The zero-order valence-corrected chi connectivity index (χ0v) is 15.2. The molecular weight excluding hydrogens is 338 g/mol. The fourth-order valence-electron chi connectivity index (χ4n) is 3.94. The highest BCUT2D eigenvalue weighted by Gasteiger charge is 2.47. The summed E-state index contributed by atoms with van der Waals surface area (Å²) in [6.07, 6.45) is 3.99. The number of benzene rings is 1. The summed E-state index contributed by atoms with van der Waals surface area (Å²) < 4.78 is 0. The van der Waals surface area contributed by atoms with Crippen LogP contribution in [-0.2, 0) is 16.0 Å². The standard InChI is InChI=1S/C19H26ClN3O2/c20-16-6-3-14(4-7-16)10-19(12-22-13-19)18(25)23-9-1-2-15(11-23)5-8-17(21)24/h3-4,6-7,15,22H,1-2,5,8-13H2,(H2,21,24). The van der Waals surface area contributed by atoms with Crippen molar-refractivity contribution in [2.75, 3.05) is 26.2 Å². The van der Waals surface area contributed by atoms with Gasteiger partial charge in [0.2, 0.25) is 11.8 Å². The molecule has 2 aliphatic heterocycles. The summed E-state index contributed by atoms with van der Waals surface area (Å²) >= 11 is 5.96. The molecule has 0 spiro atoms. The van der Waals surface area contributed by atoms with Gasteiger partial charge in [-0.3, -0.25) is 9.59 Å². The molecule has 2 amide bonds. The topological polar surface area (TPSA) is 75.4 Å². The van der Waals surface area contributed by atoms with Gasteiger partial charge in [-0.25, -0.2) is 0 Å². The number of carbonyl (C=O) groups excluding carboxylic acids is 2. The number of nitrogens with zero attached hydrogens (tertiary/aromatic N) is 1. The summed E-state index contributed by atoms with van der Waals surface area (Å²) in [5.41, 5.74) is 6.06. The van der Waals surface area contributed by atoms with Gasteiger partial charge in [0, 0.05) is 37.6 Å². The van der Waals surface area contributed by atoms with Gasteiger partial charge in [-0.05, 0) is 49.3 Å². The van der Waals surface area contributed by atoms with Crippen molar-refractivity contribution in [2.24, 2.45) is 17.1 Å². The van der Waals surface area contributed by atoms with Crippen LogP contribution in [0.1, 0.15) is 31.2 Å². The highest BCUT2D eigenvalue weighted by molar-refractivity contribution is 6.30. The van der Waals surface area contributed by atoms with E-state index in [0.29, 0.717) is 17.4 Å². The SMILES string of the molecule is NC(=O)CCC1CCCN(C(=O)C2(Cc3ccc(Cl)cc3)CNC2)C1. The largest absolute Gasteiger partial charge is 0.370 e. The van der Waals surface area contributed by atoms with Gasteiger partial charge in [0.15, 0.2) is 0 Å². The summed E-state index contributed by atoms with van der Waals surface area (Å²) in [6, 6.07) is 7.76. The normalized spacial score (nSPS) is 22.3. The van der Waals surface area contributed by atoms with Gasteiger partial charge in [-0.15, -0.1) is 0 Å². The number of hydrogen-bond acceptors (Lipinski definition) is 3. The van der Waals surface area contributed by atoms with Crippen LogP contribution in [-0.4, -0.2) is 42.9 Å². The molecule has 6 heteroatoms. The average molecular weight is 364 g/mol. The highest BCUT2D eigenvalue weighted by Crippen LogP contribution is 2.33. The Kier molecular flexibility index (Phi) is 5.64. The summed E-state index contributed by atoms with van der Waals surface area (Å²) in [7, 11) is 0. The van der Waals surface area contributed by atoms with Crippen LogP contribution < -0.4 is 11.1 Å². The third-order valence-electron chi connectivity index (χ3n) is 5.44. The van der Waals surface area contributed by atoms with Gasteiger partial charge >= 0.3 is 0 Å². The van der Waals surface area contributed by atoms with E-state index in [-0.39, 0.29) is 17.2 Å². The van der Waals surface area contributed by atoms with Crippen molar-refractivity contribution in [1.82, 2.24) is 10.2 Å². The van der Waals surface area contributed by atoms with E-state index < -0.39 is 0 Å². The molecule has 0 bridgehead atoms. The van der Waals surface area contributed by atoms with Crippen molar-refractivity contribution in [3.8, 4) is 0 Å².